The van der Waals surface area contributed by atoms with Crippen molar-refractivity contribution in [1.29, 1.82) is 0 Å². The van der Waals surface area contributed by atoms with Crippen molar-refractivity contribution in [2.45, 2.75) is 44.8 Å². The monoisotopic (exact) mass is 244 g/mol. The minimum Gasteiger partial charge on any atom is -0.285 e. The van der Waals surface area contributed by atoms with Crippen LogP contribution in [-0.4, -0.2) is 18.2 Å². The van der Waals surface area contributed by atoms with E-state index in [9.17, 15) is 8.42 Å². The molecule has 0 fully saturated rings. The van der Waals surface area contributed by atoms with Gasteiger partial charge in [0, 0.05) is 5.41 Å². The number of hydrogen-bond acceptors (Lipinski definition) is 2. The molecule has 0 heterocycles. The lowest BCUT2D eigenvalue weighted by Gasteiger charge is -2.26. The molecule has 0 aromatic heterocycles. The first-order valence-electron chi connectivity index (χ1n) is 5.72. The predicted molar refractivity (Wildman–Crippen MR) is 65.9 cm³/mol. The second-order valence-electron chi connectivity index (χ2n) is 4.66. The van der Waals surface area contributed by atoms with Crippen LogP contribution >= 0.6 is 0 Å². The zero-order valence-electron chi connectivity index (χ0n) is 9.89. The summed E-state index contributed by atoms with van der Waals surface area (Å²) in [7, 11) is -3.97. The van der Waals surface area contributed by atoms with Gasteiger partial charge in [-0.05, 0) is 6.42 Å². The van der Waals surface area contributed by atoms with Gasteiger partial charge in [0.05, 0.1) is 0 Å². The summed E-state index contributed by atoms with van der Waals surface area (Å²) in [4.78, 5) is 0. The average molecular weight is 244 g/mol. The Labute approximate surface area is 98.0 Å². The van der Waals surface area contributed by atoms with Gasteiger partial charge >= 0.3 is 0 Å². The minimum atomic E-state index is -3.97. The third kappa shape index (κ3) is 3.76. The zero-order chi connectivity index (χ0) is 12.2. The summed E-state index contributed by atoms with van der Waals surface area (Å²) in [6.07, 6.45) is 11.4. The van der Waals surface area contributed by atoms with Gasteiger partial charge < -0.3 is 0 Å². The van der Waals surface area contributed by atoms with Crippen molar-refractivity contribution >= 4 is 10.1 Å². The summed E-state index contributed by atoms with van der Waals surface area (Å²) in [6.45, 7) is 4.24. The van der Waals surface area contributed by atoms with Gasteiger partial charge in [-0.3, -0.25) is 4.55 Å². The fourth-order valence-corrected chi connectivity index (χ4v) is 2.42. The van der Waals surface area contributed by atoms with Crippen molar-refractivity contribution in [3.63, 3.8) is 0 Å². The quantitative estimate of drug-likeness (QED) is 0.459. The van der Waals surface area contributed by atoms with E-state index < -0.39 is 15.4 Å². The van der Waals surface area contributed by atoms with E-state index in [1.165, 1.54) is 12.8 Å². The molecular formula is C12H20O3S. The minimum absolute atomic E-state index is 0.0592. The molecule has 0 spiro atoms. The van der Waals surface area contributed by atoms with Crippen molar-refractivity contribution in [2.24, 2.45) is 5.41 Å². The normalized spacial score (nSPS) is 29.6. The van der Waals surface area contributed by atoms with Crippen molar-refractivity contribution < 1.29 is 13.0 Å². The molecule has 92 valence electrons. The Bertz CT molecular complexity index is 365. The number of rotatable bonds is 5. The number of hydrogen-bond donors (Lipinski definition) is 1. The summed E-state index contributed by atoms with van der Waals surface area (Å²) < 4.78 is 30.7. The Hall–Kier alpha value is -0.610. The fraction of sp³-hybridized carbons (Fsp3) is 0.667. The van der Waals surface area contributed by atoms with Crippen LogP contribution in [0.5, 0.6) is 0 Å². The molecule has 0 bridgehead atoms. The summed E-state index contributed by atoms with van der Waals surface area (Å²) in [5.74, 6) is 0. The van der Waals surface area contributed by atoms with Crippen molar-refractivity contribution in [1.82, 2.24) is 0 Å². The second-order valence-corrected chi connectivity index (χ2v) is 6.24. The number of allylic oxidation sites excluding steroid dienone is 2. The van der Waals surface area contributed by atoms with Gasteiger partial charge in [0.2, 0.25) is 0 Å². The highest BCUT2D eigenvalue weighted by atomic mass is 32.2. The largest absolute Gasteiger partial charge is 0.285 e. The van der Waals surface area contributed by atoms with E-state index in [0.717, 1.165) is 12.8 Å². The maximum absolute atomic E-state index is 10.9. The summed E-state index contributed by atoms with van der Waals surface area (Å²) in [5, 5.41) is -0.869. The molecule has 0 unspecified atom stereocenters. The molecule has 1 aliphatic rings. The molecule has 0 aliphatic heterocycles. The highest BCUT2D eigenvalue weighted by Gasteiger charge is 2.25. The average Bonchev–Trinajstić information content (AvgIpc) is 2.17. The lowest BCUT2D eigenvalue weighted by atomic mass is 9.81. The van der Waals surface area contributed by atoms with E-state index in [4.69, 9.17) is 4.55 Å². The van der Waals surface area contributed by atoms with Crippen LogP contribution in [0.4, 0.5) is 0 Å². The van der Waals surface area contributed by atoms with Crippen LogP contribution in [0.3, 0.4) is 0 Å². The van der Waals surface area contributed by atoms with E-state index in [1.807, 2.05) is 12.2 Å². The van der Waals surface area contributed by atoms with Crippen molar-refractivity contribution in [3.8, 4) is 0 Å². The van der Waals surface area contributed by atoms with Crippen molar-refractivity contribution in [3.05, 3.63) is 24.3 Å². The van der Waals surface area contributed by atoms with Gasteiger partial charge in [-0.15, -0.1) is 0 Å². The zero-order valence-corrected chi connectivity index (χ0v) is 10.7. The maximum Gasteiger partial charge on any atom is 0.275 e. The Balaban J connectivity index is 2.61. The van der Waals surface area contributed by atoms with Crippen LogP contribution in [0, 0.1) is 5.41 Å². The molecule has 0 radical (unpaired) electrons. The second kappa shape index (κ2) is 5.15. The molecular weight excluding hydrogens is 224 g/mol. The molecule has 4 heteroatoms. The molecule has 1 rings (SSSR count). The summed E-state index contributed by atoms with van der Waals surface area (Å²) in [6, 6.07) is 0. The molecule has 0 aromatic rings. The van der Waals surface area contributed by atoms with Crippen molar-refractivity contribution in [2.75, 3.05) is 0 Å². The van der Waals surface area contributed by atoms with Gasteiger partial charge in [-0.1, -0.05) is 57.4 Å². The highest BCUT2D eigenvalue weighted by Crippen LogP contribution is 2.32. The first-order chi connectivity index (χ1) is 7.37. The Morgan fingerprint density at radius 2 is 1.81 bits per heavy atom. The van der Waals surface area contributed by atoms with Crippen LogP contribution in [0.1, 0.15) is 39.5 Å². The van der Waals surface area contributed by atoms with Gasteiger partial charge in [-0.25, -0.2) is 0 Å². The van der Waals surface area contributed by atoms with E-state index in [1.54, 1.807) is 12.2 Å². The topological polar surface area (TPSA) is 54.4 Å². The lowest BCUT2D eigenvalue weighted by molar-refractivity contribution is 0.454. The SMILES string of the molecule is CCCCCC1(C)C=CC(S(=O)(=O)O)C=C1. The standard InChI is InChI=1S/C12H20O3S/c1-3-4-5-8-12(2)9-6-11(7-10-12)16(13,14)15/h6-7,9-11H,3-5,8H2,1-2H3,(H,13,14,15). The van der Waals surface area contributed by atoms with Gasteiger partial charge in [0.25, 0.3) is 10.1 Å². The molecule has 1 aliphatic carbocycles. The maximum atomic E-state index is 10.9. The van der Waals surface area contributed by atoms with E-state index >= 15 is 0 Å². The molecule has 1 N–H and O–H groups in total. The highest BCUT2D eigenvalue weighted by molar-refractivity contribution is 7.86. The first-order valence-corrected chi connectivity index (χ1v) is 7.23. The van der Waals surface area contributed by atoms with Gasteiger partial charge in [-0.2, -0.15) is 8.42 Å². The molecule has 0 aromatic carbocycles. The third-order valence-electron chi connectivity index (χ3n) is 3.00. The molecule has 0 saturated heterocycles. The molecule has 0 saturated carbocycles. The van der Waals surface area contributed by atoms with Crippen LogP contribution in [0.15, 0.2) is 24.3 Å². The predicted octanol–water partition coefficient (Wildman–Crippen LogP) is 2.96. The molecule has 3 nitrogen and oxygen atoms in total. The Morgan fingerprint density at radius 3 is 2.25 bits per heavy atom. The van der Waals surface area contributed by atoms with Crippen LogP contribution in [-0.2, 0) is 10.1 Å². The van der Waals surface area contributed by atoms with Gasteiger partial charge in [0.15, 0.2) is 0 Å². The number of unbranched alkanes of at least 4 members (excludes halogenated alkanes) is 2. The third-order valence-corrected chi connectivity index (χ3v) is 4.00. The smallest absolute Gasteiger partial charge is 0.275 e. The summed E-state index contributed by atoms with van der Waals surface area (Å²) >= 11 is 0. The first kappa shape index (κ1) is 13.5. The van der Waals surface area contributed by atoms with Gasteiger partial charge in [0.1, 0.15) is 5.25 Å². The Kier molecular flexibility index (Phi) is 4.33. The van der Waals surface area contributed by atoms with E-state index in [0.29, 0.717) is 0 Å². The van der Waals surface area contributed by atoms with E-state index in [2.05, 4.69) is 13.8 Å². The lowest BCUT2D eigenvalue weighted by Crippen LogP contribution is -2.22. The van der Waals surface area contributed by atoms with Crippen LogP contribution in [0.25, 0.3) is 0 Å². The Morgan fingerprint density at radius 1 is 1.25 bits per heavy atom. The van der Waals surface area contributed by atoms with E-state index in [-0.39, 0.29) is 5.41 Å². The summed E-state index contributed by atoms with van der Waals surface area (Å²) in [5.41, 5.74) is -0.0592. The molecule has 0 amide bonds. The molecule has 0 atom stereocenters. The van der Waals surface area contributed by atoms with Crippen LogP contribution in [0.2, 0.25) is 0 Å². The molecule has 16 heavy (non-hydrogen) atoms. The van der Waals surface area contributed by atoms with Crippen LogP contribution < -0.4 is 0 Å². The fourth-order valence-electron chi connectivity index (χ4n) is 1.87.